The van der Waals surface area contributed by atoms with E-state index in [2.05, 4.69) is 5.32 Å². The van der Waals surface area contributed by atoms with E-state index in [0.717, 1.165) is 16.7 Å². The molecule has 152 valence electrons. The van der Waals surface area contributed by atoms with Crippen molar-refractivity contribution in [1.29, 1.82) is 0 Å². The van der Waals surface area contributed by atoms with Gasteiger partial charge in [-0.15, -0.1) is 0 Å². The molecular formula is C20H14N2O7S. The summed E-state index contributed by atoms with van der Waals surface area (Å²) >= 11 is 0.717. The first-order chi connectivity index (χ1) is 14.4. The van der Waals surface area contributed by atoms with E-state index in [1.54, 1.807) is 18.2 Å². The summed E-state index contributed by atoms with van der Waals surface area (Å²) in [5.74, 6) is -1.12. The van der Waals surface area contributed by atoms with Crippen LogP contribution in [0.3, 0.4) is 0 Å². The Morgan fingerprint density at radius 1 is 1.10 bits per heavy atom. The number of anilines is 1. The minimum atomic E-state index is -1.06. The Morgan fingerprint density at radius 3 is 2.57 bits per heavy atom. The molecule has 2 aromatic carbocycles. The number of carboxylic acids is 1. The van der Waals surface area contributed by atoms with Gasteiger partial charge >= 0.3 is 5.97 Å². The van der Waals surface area contributed by atoms with Crippen LogP contribution < -0.4 is 14.8 Å². The molecule has 0 aromatic heterocycles. The van der Waals surface area contributed by atoms with Crippen molar-refractivity contribution in [3.05, 3.63) is 58.5 Å². The molecule has 9 nitrogen and oxygen atoms in total. The van der Waals surface area contributed by atoms with Gasteiger partial charge in [0.1, 0.15) is 6.54 Å². The SMILES string of the molecule is O=C(CN1C(=O)S/C(=C/c2ccc(C(=O)O)cc2)C1=O)Nc1ccc2c(c1)OCO2. The number of carbonyl (C=O) groups is 4. The molecule has 0 spiro atoms. The van der Waals surface area contributed by atoms with Crippen LogP contribution in [-0.4, -0.2) is 46.4 Å². The second kappa shape index (κ2) is 7.91. The molecule has 0 atom stereocenters. The van der Waals surface area contributed by atoms with Gasteiger partial charge in [-0.1, -0.05) is 12.1 Å². The molecule has 2 aromatic rings. The summed E-state index contributed by atoms with van der Waals surface area (Å²) in [7, 11) is 0. The van der Waals surface area contributed by atoms with Crippen molar-refractivity contribution >= 4 is 46.5 Å². The van der Waals surface area contributed by atoms with Crippen LogP contribution in [0.5, 0.6) is 11.5 Å². The normalized spacial score (nSPS) is 16.3. The summed E-state index contributed by atoms with van der Waals surface area (Å²) in [6.45, 7) is -0.330. The van der Waals surface area contributed by atoms with Gasteiger partial charge in [-0.25, -0.2) is 4.79 Å². The van der Waals surface area contributed by atoms with Crippen LogP contribution in [0.2, 0.25) is 0 Å². The lowest BCUT2D eigenvalue weighted by Crippen LogP contribution is -2.36. The number of carbonyl (C=O) groups excluding carboxylic acids is 3. The van der Waals surface area contributed by atoms with Gasteiger partial charge in [-0.3, -0.25) is 19.3 Å². The number of benzene rings is 2. The quantitative estimate of drug-likeness (QED) is 0.700. The molecule has 0 unspecified atom stereocenters. The molecule has 30 heavy (non-hydrogen) atoms. The molecule has 10 heteroatoms. The van der Waals surface area contributed by atoms with Gasteiger partial charge in [0.2, 0.25) is 12.7 Å². The number of amides is 3. The van der Waals surface area contributed by atoms with Crippen LogP contribution in [0.4, 0.5) is 10.5 Å². The fourth-order valence-electron chi connectivity index (χ4n) is 2.83. The largest absolute Gasteiger partial charge is 0.478 e. The third kappa shape index (κ3) is 3.98. The maximum absolute atomic E-state index is 12.5. The highest BCUT2D eigenvalue weighted by atomic mass is 32.2. The van der Waals surface area contributed by atoms with Gasteiger partial charge in [-0.05, 0) is 47.7 Å². The number of rotatable bonds is 5. The number of fused-ring (bicyclic) bond motifs is 1. The number of carboxylic acid groups (broad SMARTS) is 1. The van der Waals surface area contributed by atoms with E-state index < -0.39 is 29.6 Å². The highest BCUT2D eigenvalue weighted by Crippen LogP contribution is 2.35. The molecule has 4 rings (SSSR count). The molecule has 0 bridgehead atoms. The Morgan fingerprint density at radius 2 is 1.83 bits per heavy atom. The first-order valence-corrected chi connectivity index (χ1v) is 9.50. The maximum Gasteiger partial charge on any atom is 0.335 e. The van der Waals surface area contributed by atoms with Gasteiger partial charge in [-0.2, -0.15) is 0 Å². The predicted octanol–water partition coefficient (Wildman–Crippen LogP) is 2.79. The standard InChI is InChI=1S/C20H14N2O7S/c23-17(21-13-5-6-14-15(8-13)29-10-28-14)9-22-18(24)16(30-20(22)27)7-11-1-3-12(4-2-11)19(25)26/h1-8H,9-10H2,(H,21,23)(H,25,26)/b16-7+. The monoisotopic (exact) mass is 426 g/mol. The van der Waals surface area contributed by atoms with Gasteiger partial charge in [0, 0.05) is 11.8 Å². The van der Waals surface area contributed by atoms with Crippen LogP contribution in [-0.2, 0) is 9.59 Å². The molecule has 3 amide bonds. The third-order valence-electron chi connectivity index (χ3n) is 4.29. The van der Waals surface area contributed by atoms with Crippen molar-refractivity contribution in [3.63, 3.8) is 0 Å². The Kier molecular flexibility index (Phi) is 5.15. The Labute approximate surface area is 174 Å². The van der Waals surface area contributed by atoms with Crippen LogP contribution in [0, 0.1) is 0 Å². The van der Waals surface area contributed by atoms with Crippen LogP contribution in [0.1, 0.15) is 15.9 Å². The van der Waals surface area contributed by atoms with E-state index in [4.69, 9.17) is 14.6 Å². The first kappa shape index (κ1) is 19.5. The van der Waals surface area contributed by atoms with Crippen molar-refractivity contribution in [3.8, 4) is 11.5 Å². The van der Waals surface area contributed by atoms with Gasteiger partial charge in [0.15, 0.2) is 11.5 Å². The van der Waals surface area contributed by atoms with E-state index in [0.29, 0.717) is 22.7 Å². The van der Waals surface area contributed by atoms with Gasteiger partial charge < -0.3 is 19.9 Å². The summed E-state index contributed by atoms with van der Waals surface area (Å²) < 4.78 is 10.4. The summed E-state index contributed by atoms with van der Waals surface area (Å²) in [6.07, 6.45) is 1.48. The molecule has 0 radical (unpaired) electrons. The first-order valence-electron chi connectivity index (χ1n) is 8.69. The fraction of sp³-hybridized carbons (Fsp3) is 0.100. The molecule has 0 saturated carbocycles. The van der Waals surface area contributed by atoms with E-state index in [1.807, 2.05) is 0 Å². The number of ether oxygens (including phenoxy) is 2. The summed E-state index contributed by atoms with van der Waals surface area (Å²) in [4.78, 5) is 49.0. The number of nitrogens with zero attached hydrogens (tertiary/aromatic N) is 1. The summed E-state index contributed by atoms with van der Waals surface area (Å²) in [5, 5.41) is 11.0. The third-order valence-corrected chi connectivity index (χ3v) is 5.19. The van der Waals surface area contributed by atoms with Gasteiger partial charge in [0.25, 0.3) is 11.1 Å². The number of aromatic carboxylic acids is 1. The molecule has 1 fully saturated rings. The van der Waals surface area contributed by atoms with Crippen molar-refractivity contribution in [2.24, 2.45) is 0 Å². The number of imide groups is 1. The molecule has 1 saturated heterocycles. The zero-order valence-corrected chi connectivity index (χ0v) is 16.1. The number of thioether (sulfide) groups is 1. The minimum absolute atomic E-state index is 0.106. The summed E-state index contributed by atoms with van der Waals surface area (Å²) in [6, 6.07) is 10.7. The smallest absolute Gasteiger partial charge is 0.335 e. The zero-order valence-electron chi connectivity index (χ0n) is 15.3. The lowest BCUT2D eigenvalue weighted by atomic mass is 10.1. The Hall–Kier alpha value is -3.79. The molecule has 2 heterocycles. The lowest BCUT2D eigenvalue weighted by molar-refractivity contribution is -0.127. The second-order valence-electron chi connectivity index (χ2n) is 6.31. The molecular weight excluding hydrogens is 412 g/mol. The number of nitrogens with one attached hydrogen (secondary N) is 1. The highest BCUT2D eigenvalue weighted by Gasteiger charge is 2.36. The predicted molar refractivity (Wildman–Crippen MR) is 107 cm³/mol. The van der Waals surface area contributed by atoms with Crippen LogP contribution >= 0.6 is 11.8 Å². The maximum atomic E-state index is 12.5. The topological polar surface area (TPSA) is 122 Å². The lowest BCUT2D eigenvalue weighted by Gasteiger charge is -2.12. The van der Waals surface area contributed by atoms with Crippen molar-refractivity contribution in [2.75, 3.05) is 18.7 Å². The van der Waals surface area contributed by atoms with Crippen LogP contribution in [0.25, 0.3) is 6.08 Å². The summed E-state index contributed by atoms with van der Waals surface area (Å²) in [5.41, 5.74) is 1.13. The van der Waals surface area contributed by atoms with Crippen molar-refractivity contribution in [1.82, 2.24) is 4.90 Å². The average Bonchev–Trinajstić information content (AvgIpc) is 3.28. The molecule has 0 aliphatic carbocycles. The van der Waals surface area contributed by atoms with E-state index >= 15 is 0 Å². The molecule has 2 aliphatic heterocycles. The second-order valence-corrected chi connectivity index (χ2v) is 7.30. The van der Waals surface area contributed by atoms with Crippen molar-refractivity contribution < 1.29 is 33.8 Å². The number of hydrogen-bond donors (Lipinski definition) is 2. The minimum Gasteiger partial charge on any atom is -0.478 e. The van der Waals surface area contributed by atoms with E-state index in [1.165, 1.54) is 30.3 Å². The zero-order chi connectivity index (χ0) is 21.3. The Bertz CT molecular complexity index is 1090. The van der Waals surface area contributed by atoms with Crippen LogP contribution in [0.15, 0.2) is 47.4 Å². The Balaban J connectivity index is 1.42. The average molecular weight is 426 g/mol. The molecule has 2 aliphatic rings. The molecule has 2 N–H and O–H groups in total. The van der Waals surface area contributed by atoms with E-state index in [-0.39, 0.29) is 17.3 Å². The van der Waals surface area contributed by atoms with Gasteiger partial charge in [0.05, 0.1) is 10.5 Å². The number of hydrogen-bond acceptors (Lipinski definition) is 7. The van der Waals surface area contributed by atoms with E-state index in [9.17, 15) is 19.2 Å². The highest BCUT2D eigenvalue weighted by molar-refractivity contribution is 8.18. The van der Waals surface area contributed by atoms with Crippen molar-refractivity contribution in [2.45, 2.75) is 0 Å². The fourth-order valence-corrected chi connectivity index (χ4v) is 3.67.